The van der Waals surface area contributed by atoms with Gasteiger partial charge in [-0.2, -0.15) is 0 Å². The van der Waals surface area contributed by atoms with Crippen molar-refractivity contribution in [2.75, 3.05) is 17.1 Å². The number of hydrogen-bond acceptors (Lipinski definition) is 4. The molecule has 0 unspecified atom stereocenters. The third-order valence-corrected chi connectivity index (χ3v) is 4.84. The zero-order chi connectivity index (χ0) is 16.9. The molecule has 0 aliphatic carbocycles. The topological polar surface area (TPSA) is 79.4 Å². The minimum atomic E-state index is -3.59. The van der Waals surface area contributed by atoms with Crippen molar-refractivity contribution in [1.29, 1.82) is 0 Å². The van der Waals surface area contributed by atoms with Gasteiger partial charge in [-0.15, -0.1) is 0 Å². The molecule has 1 amide bonds. The van der Waals surface area contributed by atoms with E-state index in [0.29, 0.717) is 16.7 Å². The van der Waals surface area contributed by atoms with Gasteiger partial charge in [0.1, 0.15) is 6.54 Å². The molecule has 1 aromatic carbocycles. The SMILES string of the molecule is CS(=O)(=O)N(CC(=O)NCc1ccncc1)c1ccccc1Br. The van der Waals surface area contributed by atoms with Gasteiger partial charge in [-0.05, 0) is 45.8 Å². The van der Waals surface area contributed by atoms with E-state index < -0.39 is 10.0 Å². The van der Waals surface area contributed by atoms with E-state index in [2.05, 4.69) is 26.2 Å². The Balaban J connectivity index is 2.10. The molecular weight excluding hydrogens is 382 g/mol. The Morgan fingerprint density at radius 2 is 1.87 bits per heavy atom. The fourth-order valence-electron chi connectivity index (χ4n) is 1.92. The highest BCUT2D eigenvalue weighted by Gasteiger charge is 2.22. The second kappa shape index (κ2) is 7.56. The molecule has 122 valence electrons. The Morgan fingerprint density at radius 1 is 1.22 bits per heavy atom. The van der Waals surface area contributed by atoms with Crippen LogP contribution < -0.4 is 9.62 Å². The molecule has 2 aromatic rings. The van der Waals surface area contributed by atoms with Gasteiger partial charge in [0.25, 0.3) is 0 Å². The number of nitrogens with zero attached hydrogens (tertiary/aromatic N) is 2. The minimum Gasteiger partial charge on any atom is -0.350 e. The Bertz CT molecular complexity index is 782. The largest absolute Gasteiger partial charge is 0.350 e. The van der Waals surface area contributed by atoms with Crippen molar-refractivity contribution in [2.45, 2.75) is 6.54 Å². The third kappa shape index (κ3) is 5.04. The van der Waals surface area contributed by atoms with E-state index in [1.165, 1.54) is 0 Å². The van der Waals surface area contributed by atoms with Gasteiger partial charge in [0.15, 0.2) is 0 Å². The zero-order valence-electron chi connectivity index (χ0n) is 12.4. The molecule has 0 atom stereocenters. The van der Waals surface area contributed by atoms with E-state index in [1.807, 2.05) is 0 Å². The second-order valence-corrected chi connectivity index (χ2v) is 7.61. The van der Waals surface area contributed by atoms with Crippen LogP contribution in [0.3, 0.4) is 0 Å². The maximum atomic E-state index is 12.1. The van der Waals surface area contributed by atoms with Crippen LogP contribution in [0, 0.1) is 0 Å². The first-order valence-corrected chi connectivity index (χ1v) is 9.40. The lowest BCUT2D eigenvalue weighted by Crippen LogP contribution is -2.40. The molecule has 0 saturated heterocycles. The first-order chi connectivity index (χ1) is 10.9. The monoisotopic (exact) mass is 397 g/mol. The van der Waals surface area contributed by atoms with Gasteiger partial charge in [0.2, 0.25) is 15.9 Å². The second-order valence-electron chi connectivity index (χ2n) is 4.85. The van der Waals surface area contributed by atoms with Crippen LogP contribution in [-0.2, 0) is 21.4 Å². The van der Waals surface area contributed by atoms with Crippen LogP contribution in [0.5, 0.6) is 0 Å². The molecule has 8 heteroatoms. The summed E-state index contributed by atoms with van der Waals surface area (Å²) in [6.07, 6.45) is 4.33. The molecule has 6 nitrogen and oxygen atoms in total. The Kier molecular flexibility index (Phi) is 5.73. The first kappa shape index (κ1) is 17.4. The molecule has 0 bridgehead atoms. The van der Waals surface area contributed by atoms with Crippen LogP contribution in [-0.4, -0.2) is 32.1 Å². The summed E-state index contributed by atoms with van der Waals surface area (Å²) in [7, 11) is -3.59. The Labute approximate surface area is 143 Å². The summed E-state index contributed by atoms with van der Waals surface area (Å²) in [5, 5.41) is 2.70. The van der Waals surface area contributed by atoms with Crippen molar-refractivity contribution >= 4 is 37.5 Å². The molecule has 1 aromatic heterocycles. The number of pyridine rings is 1. The number of carbonyl (C=O) groups is 1. The normalized spacial score (nSPS) is 11.0. The summed E-state index contributed by atoms with van der Waals surface area (Å²) in [5.74, 6) is -0.386. The molecular formula is C15H16BrN3O3S. The van der Waals surface area contributed by atoms with Crippen molar-refractivity contribution in [1.82, 2.24) is 10.3 Å². The molecule has 0 aliphatic rings. The maximum Gasteiger partial charge on any atom is 0.241 e. The lowest BCUT2D eigenvalue weighted by atomic mass is 10.3. The van der Waals surface area contributed by atoms with E-state index in [0.717, 1.165) is 16.1 Å². The zero-order valence-corrected chi connectivity index (χ0v) is 14.8. The van der Waals surface area contributed by atoms with E-state index in [-0.39, 0.29) is 12.5 Å². The molecule has 0 aliphatic heterocycles. The standard InChI is InChI=1S/C15H16BrN3O3S/c1-23(21,22)19(14-5-3-2-4-13(14)16)11-15(20)18-10-12-6-8-17-9-7-12/h2-9H,10-11H2,1H3,(H,18,20). The van der Waals surface area contributed by atoms with Crippen LogP contribution in [0.25, 0.3) is 0 Å². The van der Waals surface area contributed by atoms with Crippen molar-refractivity contribution in [3.8, 4) is 0 Å². The molecule has 1 heterocycles. The number of para-hydroxylation sites is 1. The molecule has 23 heavy (non-hydrogen) atoms. The Morgan fingerprint density at radius 3 is 2.48 bits per heavy atom. The number of amides is 1. The van der Waals surface area contributed by atoms with E-state index in [1.54, 1.807) is 48.8 Å². The van der Waals surface area contributed by atoms with Crippen molar-refractivity contribution in [2.24, 2.45) is 0 Å². The van der Waals surface area contributed by atoms with Crippen LogP contribution >= 0.6 is 15.9 Å². The van der Waals surface area contributed by atoms with Gasteiger partial charge in [-0.25, -0.2) is 8.42 Å². The summed E-state index contributed by atoms with van der Waals surface area (Å²) in [4.78, 5) is 16.0. The quantitative estimate of drug-likeness (QED) is 0.807. The van der Waals surface area contributed by atoms with Gasteiger partial charge in [-0.1, -0.05) is 12.1 Å². The Hall–Kier alpha value is -1.93. The number of rotatable bonds is 6. The number of aromatic nitrogens is 1. The fraction of sp³-hybridized carbons (Fsp3) is 0.200. The predicted molar refractivity (Wildman–Crippen MR) is 92.4 cm³/mol. The van der Waals surface area contributed by atoms with Crippen molar-refractivity contribution in [3.63, 3.8) is 0 Å². The van der Waals surface area contributed by atoms with Crippen LogP contribution in [0.15, 0.2) is 53.3 Å². The smallest absolute Gasteiger partial charge is 0.241 e. The molecule has 0 radical (unpaired) electrons. The first-order valence-electron chi connectivity index (χ1n) is 6.76. The van der Waals surface area contributed by atoms with Crippen molar-refractivity contribution in [3.05, 3.63) is 58.8 Å². The third-order valence-electron chi connectivity index (χ3n) is 3.05. The number of anilines is 1. The average molecular weight is 398 g/mol. The van der Waals surface area contributed by atoms with Crippen LogP contribution in [0.4, 0.5) is 5.69 Å². The minimum absolute atomic E-state index is 0.285. The van der Waals surface area contributed by atoms with E-state index >= 15 is 0 Å². The summed E-state index contributed by atoms with van der Waals surface area (Å²) in [6, 6.07) is 10.4. The van der Waals surface area contributed by atoms with Gasteiger partial charge in [0.05, 0.1) is 11.9 Å². The summed E-state index contributed by atoms with van der Waals surface area (Å²) >= 11 is 3.31. The molecule has 2 rings (SSSR count). The van der Waals surface area contributed by atoms with E-state index in [9.17, 15) is 13.2 Å². The highest BCUT2D eigenvalue weighted by atomic mass is 79.9. The van der Waals surface area contributed by atoms with E-state index in [4.69, 9.17) is 0 Å². The summed E-state index contributed by atoms with van der Waals surface area (Å²) < 4.78 is 25.7. The fourth-order valence-corrected chi connectivity index (χ4v) is 3.41. The maximum absolute atomic E-state index is 12.1. The number of halogens is 1. The lowest BCUT2D eigenvalue weighted by Gasteiger charge is -2.23. The van der Waals surface area contributed by atoms with Crippen molar-refractivity contribution < 1.29 is 13.2 Å². The highest BCUT2D eigenvalue weighted by molar-refractivity contribution is 9.10. The molecule has 0 spiro atoms. The van der Waals surface area contributed by atoms with Gasteiger partial charge in [-0.3, -0.25) is 14.1 Å². The van der Waals surface area contributed by atoms with Crippen LogP contribution in [0.1, 0.15) is 5.56 Å². The highest BCUT2D eigenvalue weighted by Crippen LogP contribution is 2.27. The number of sulfonamides is 1. The summed E-state index contributed by atoms with van der Waals surface area (Å²) in [6.45, 7) is 0.0292. The number of carbonyl (C=O) groups excluding carboxylic acids is 1. The predicted octanol–water partition coefficient (Wildman–Crippen LogP) is 1.93. The van der Waals surface area contributed by atoms with Gasteiger partial charge >= 0.3 is 0 Å². The average Bonchev–Trinajstić information content (AvgIpc) is 2.51. The van der Waals surface area contributed by atoms with Gasteiger partial charge < -0.3 is 5.32 Å². The molecule has 0 saturated carbocycles. The van der Waals surface area contributed by atoms with Gasteiger partial charge in [0, 0.05) is 23.4 Å². The number of nitrogens with one attached hydrogen (secondary N) is 1. The summed E-state index contributed by atoms with van der Waals surface area (Å²) in [5.41, 5.74) is 1.31. The molecule has 0 fully saturated rings. The lowest BCUT2D eigenvalue weighted by molar-refractivity contribution is -0.119. The molecule has 1 N–H and O–H groups in total. The number of hydrogen-bond donors (Lipinski definition) is 1. The number of benzene rings is 1. The van der Waals surface area contributed by atoms with Crippen LogP contribution in [0.2, 0.25) is 0 Å².